The van der Waals surface area contributed by atoms with Gasteiger partial charge in [0, 0.05) is 18.8 Å². The molecule has 3 rings (SSSR count). The summed E-state index contributed by atoms with van der Waals surface area (Å²) >= 11 is 0. The quantitative estimate of drug-likeness (QED) is 0.659. The molecule has 7 heteroatoms. The molecule has 0 radical (unpaired) electrons. The minimum atomic E-state index is -0.289. The van der Waals surface area contributed by atoms with E-state index in [2.05, 4.69) is 10.3 Å². The average Bonchev–Trinajstić information content (AvgIpc) is 2.99. The lowest BCUT2D eigenvalue weighted by Gasteiger charge is -2.34. The van der Waals surface area contributed by atoms with Crippen molar-refractivity contribution in [1.29, 1.82) is 0 Å². The Morgan fingerprint density at radius 1 is 1.20 bits per heavy atom. The number of ether oxygens (including phenoxy) is 1. The third kappa shape index (κ3) is 4.95. The molecular formula is C23H36N4O3. The zero-order chi connectivity index (χ0) is 21.7. The topological polar surface area (TPSA) is 65.1 Å². The molecule has 2 amide bonds. The second-order valence-corrected chi connectivity index (χ2v) is 8.72. The number of urea groups is 1. The first-order chi connectivity index (χ1) is 14.4. The second kappa shape index (κ2) is 10.3. The molecule has 0 bridgehead atoms. The van der Waals surface area contributed by atoms with E-state index < -0.39 is 0 Å². The summed E-state index contributed by atoms with van der Waals surface area (Å²) in [5.41, 5.74) is 0.878. The lowest BCUT2D eigenvalue weighted by molar-refractivity contribution is -0.149. The van der Waals surface area contributed by atoms with Gasteiger partial charge < -0.3 is 10.1 Å². The lowest BCUT2D eigenvalue weighted by atomic mass is 9.94. The van der Waals surface area contributed by atoms with Crippen molar-refractivity contribution in [2.45, 2.75) is 46.2 Å². The first kappa shape index (κ1) is 22.6. The minimum absolute atomic E-state index is 0.0185. The van der Waals surface area contributed by atoms with Crippen LogP contribution in [0.5, 0.6) is 0 Å². The third-order valence-electron chi connectivity index (χ3n) is 6.48. The van der Waals surface area contributed by atoms with Crippen LogP contribution >= 0.6 is 0 Å². The van der Waals surface area contributed by atoms with Gasteiger partial charge in [-0.05, 0) is 63.2 Å². The maximum absolute atomic E-state index is 13.5. The third-order valence-corrected chi connectivity index (χ3v) is 6.48. The van der Waals surface area contributed by atoms with Crippen molar-refractivity contribution >= 4 is 17.7 Å². The van der Waals surface area contributed by atoms with Crippen molar-refractivity contribution in [2.75, 3.05) is 38.2 Å². The van der Waals surface area contributed by atoms with Crippen LogP contribution in [0.25, 0.3) is 0 Å². The van der Waals surface area contributed by atoms with Crippen LogP contribution in [0.3, 0.4) is 0 Å². The molecule has 2 unspecified atom stereocenters. The standard InChI is InChI=1S/C23H36N4O3/c1-17(2)21(22(28)30-4)16-26-18(3)27(20-8-6-5-7-9-20)23(29)25(26)15-12-19-10-13-24-14-11-19/h5-9,17-19,21,24H,10-16H2,1-4H3. The van der Waals surface area contributed by atoms with E-state index in [4.69, 9.17) is 4.74 Å². The molecule has 0 aliphatic carbocycles. The number of piperidine rings is 1. The van der Waals surface area contributed by atoms with E-state index in [0.717, 1.165) is 38.0 Å². The summed E-state index contributed by atoms with van der Waals surface area (Å²) in [6.45, 7) is 9.32. The minimum Gasteiger partial charge on any atom is -0.469 e. The van der Waals surface area contributed by atoms with Gasteiger partial charge in [0.1, 0.15) is 6.17 Å². The molecule has 1 aromatic rings. The van der Waals surface area contributed by atoms with E-state index in [1.807, 2.05) is 61.0 Å². The first-order valence-electron chi connectivity index (χ1n) is 11.1. The molecule has 0 spiro atoms. The van der Waals surface area contributed by atoms with Gasteiger partial charge in [0.05, 0.1) is 13.0 Å². The maximum Gasteiger partial charge on any atom is 0.340 e. The monoisotopic (exact) mass is 416 g/mol. The number of esters is 1. The summed E-state index contributed by atoms with van der Waals surface area (Å²) in [6.07, 6.45) is 3.11. The van der Waals surface area contributed by atoms with Crippen LogP contribution in [0.15, 0.2) is 30.3 Å². The van der Waals surface area contributed by atoms with E-state index in [0.29, 0.717) is 19.0 Å². The highest BCUT2D eigenvalue weighted by atomic mass is 16.5. The van der Waals surface area contributed by atoms with E-state index in [1.165, 1.54) is 7.11 Å². The van der Waals surface area contributed by atoms with Gasteiger partial charge in [-0.1, -0.05) is 32.0 Å². The van der Waals surface area contributed by atoms with E-state index in [9.17, 15) is 9.59 Å². The Morgan fingerprint density at radius 3 is 2.47 bits per heavy atom. The summed E-state index contributed by atoms with van der Waals surface area (Å²) in [7, 11) is 1.43. The molecule has 2 saturated heterocycles. The van der Waals surface area contributed by atoms with Gasteiger partial charge in [0.2, 0.25) is 0 Å². The Labute approximate surface area is 180 Å². The molecule has 0 saturated carbocycles. The predicted molar refractivity (Wildman–Crippen MR) is 118 cm³/mol. The highest BCUT2D eigenvalue weighted by molar-refractivity contribution is 5.94. The molecular weight excluding hydrogens is 380 g/mol. The Morgan fingerprint density at radius 2 is 1.87 bits per heavy atom. The molecule has 30 heavy (non-hydrogen) atoms. The molecule has 1 N–H and O–H groups in total. The fraction of sp³-hybridized carbons (Fsp3) is 0.652. The fourth-order valence-corrected chi connectivity index (χ4v) is 4.50. The van der Waals surface area contributed by atoms with Crippen LogP contribution in [0.2, 0.25) is 0 Å². The van der Waals surface area contributed by atoms with Gasteiger partial charge in [0.25, 0.3) is 0 Å². The highest BCUT2D eigenvalue weighted by Crippen LogP contribution is 2.31. The van der Waals surface area contributed by atoms with Crippen LogP contribution < -0.4 is 10.2 Å². The number of hydrogen-bond acceptors (Lipinski definition) is 5. The molecule has 7 nitrogen and oxygen atoms in total. The second-order valence-electron chi connectivity index (χ2n) is 8.72. The number of benzene rings is 1. The Hall–Kier alpha value is -2.12. The number of carbonyl (C=O) groups excluding carboxylic acids is 2. The number of anilines is 1. The van der Waals surface area contributed by atoms with Crippen molar-refractivity contribution in [3.05, 3.63) is 30.3 Å². The summed E-state index contributed by atoms with van der Waals surface area (Å²) in [6, 6.07) is 9.75. The molecule has 1 aromatic carbocycles. The lowest BCUT2D eigenvalue weighted by Crippen LogP contribution is -2.47. The van der Waals surface area contributed by atoms with Gasteiger partial charge in [-0.2, -0.15) is 5.01 Å². The van der Waals surface area contributed by atoms with Crippen molar-refractivity contribution in [1.82, 2.24) is 15.3 Å². The summed E-state index contributed by atoms with van der Waals surface area (Å²) in [5, 5.41) is 7.33. The molecule has 2 fully saturated rings. The SMILES string of the molecule is COC(=O)C(CN1C(C)N(c2ccccc2)C(=O)N1CCC1CCNCC1)C(C)C. The Kier molecular flexibility index (Phi) is 7.72. The number of hydrogen-bond donors (Lipinski definition) is 1. The summed E-state index contributed by atoms with van der Waals surface area (Å²) in [4.78, 5) is 27.7. The van der Waals surface area contributed by atoms with Crippen molar-refractivity contribution < 1.29 is 14.3 Å². The van der Waals surface area contributed by atoms with Crippen LogP contribution in [0, 0.1) is 17.8 Å². The van der Waals surface area contributed by atoms with Crippen LogP contribution in [-0.4, -0.2) is 61.5 Å². The number of hydrazine groups is 1. The van der Waals surface area contributed by atoms with Crippen molar-refractivity contribution in [3.8, 4) is 0 Å². The van der Waals surface area contributed by atoms with Gasteiger partial charge in [-0.25, -0.2) is 4.79 Å². The summed E-state index contributed by atoms with van der Waals surface area (Å²) in [5.74, 6) is 0.240. The number of para-hydroxylation sites is 1. The van der Waals surface area contributed by atoms with E-state index in [1.54, 1.807) is 0 Å². The van der Waals surface area contributed by atoms with Gasteiger partial charge in [-0.15, -0.1) is 0 Å². The van der Waals surface area contributed by atoms with E-state index >= 15 is 0 Å². The number of amides is 2. The molecule has 2 aliphatic heterocycles. The largest absolute Gasteiger partial charge is 0.469 e. The zero-order valence-corrected chi connectivity index (χ0v) is 18.7. The fourth-order valence-electron chi connectivity index (χ4n) is 4.50. The molecule has 2 atom stereocenters. The average molecular weight is 417 g/mol. The highest BCUT2D eigenvalue weighted by Gasteiger charge is 2.44. The molecule has 2 aliphatic rings. The molecule has 166 valence electrons. The molecule has 2 heterocycles. The first-order valence-corrected chi connectivity index (χ1v) is 11.1. The number of nitrogens with zero attached hydrogens (tertiary/aromatic N) is 3. The smallest absolute Gasteiger partial charge is 0.340 e. The normalized spacial score (nSPS) is 22.0. The Balaban J connectivity index is 1.82. The summed E-state index contributed by atoms with van der Waals surface area (Å²) < 4.78 is 5.06. The van der Waals surface area contributed by atoms with Crippen LogP contribution in [-0.2, 0) is 9.53 Å². The number of methoxy groups -OCH3 is 1. The maximum atomic E-state index is 13.5. The van der Waals surface area contributed by atoms with Crippen LogP contribution in [0.1, 0.15) is 40.0 Å². The van der Waals surface area contributed by atoms with Gasteiger partial charge in [0.15, 0.2) is 0 Å². The van der Waals surface area contributed by atoms with Crippen LogP contribution in [0.4, 0.5) is 10.5 Å². The Bertz CT molecular complexity index is 706. The van der Waals surface area contributed by atoms with Gasteiger partial charge in [-0.3, -0.25) is 14.7 Å². The number of nitrogens with one attached hydrogen (secondary N) is 1. The van der Waals surface area contributed by atoms with Crippen molar-refractivity contribution in [3.63, 3.8) is 0 Å². The molecule has 0 aromatic heterocycles. The van der Waals surface area contributed by atoms with E-state index in [-0.39, 0.29) is 30.0 Å². The van der Waals surface area contributed by atoms with Gasteiger partial charge >= 0.3 is 12.0 Å². The number of rotatable bonds is 8. The zero-order valence-electron chi connectivity index (χ0n) is 18.7. The predicted octanol–water partition coefficient (Wildman–Crippen LogP) is 3.33. The number of carbonyl (C=O) groups is 2. The van der Waals surface area contributed by atoms with Crippen molar-refractivity contribution in [2.24, 2.45) is 17.8 Å².